The van der Waals surface area contributed by atoms with Crippen molar-refractivity contribution in [1.82, 2.24) is 15.1 Å². The number of anilines is 1. The largest absolute Gasteiger partial charge is 0.495 e. The second kappa shape index (κ2) is 8.03. The number of benzene rings is 1. The molecule has 0 fully saturated rings. The maximum atomic E-state index is 12.3. The van der Waals surface area contributed by atoms with Gasteiger partial charge in [0.25, 0.3) is 0 Å². The number of hydrogen-bond acceptors (Lipinski definition) is 4. The second-order valence-electron chi connectivity index (χ2n) is 4.51. The lowest BCUT2D eigenvalue weighted by atomic mass is 10.1. The molecular formula is C14H18Cl2N4O2. The lowest BCUT2D eigenvalue weighted by molar-refractivity contribution is -0.118. The molecule has 0 aliphatic rings. The number of amides is 1. The van der Waals surface area contributed by atoms with E-state index in [0.717, 1.165) is 5.56 Å². The smallest absolute Gasteiger partial charge is 0.246 e. The van der Waals surface area contributed by atoms with Gasteiger partial charge in [0.15, 0.2) is 0 Å². The van der Waals surface area contributed by atoms with Crippen LogP contribution in [-0.4, -0.2) is 29.8 Å². The van der Waals surface area contributed by atoms with Crippen LogP contribution in [0, 0.1) is 0 Å². The van der Waals surface area contributed by atoms with Gasteiger partial charge in [-0.2, -0.15) is 5.10 Å². The van der Waals surface area contributed by atoms with Gasteiger partial charge in [0.05, 0.1) is 18.3 Å². The summed E-state index contributed by atoms with van der Waals surface area (Å²) in [6.07, 6.45) is 3.45. The minimum atomic E-state index is -0.487. The molecule has 0 saturated carbocycles. The topological polar surface area (TPSA) is 68.2 Å². The number of nitrogens with one attached hydrogen (secondary N) is 2. The Morgan fingerprint density at radius 3 is 2.68 bits per heavy atom. The Morgan fingerprint density at radius 1 is 1.45 bits per heavy atom. The average molecular weight is 345 g/mol. The highest BCUT2D eigenvalue weighted by Gasteiger charge is 2.20. The molecule has 1 unspecified atom stereocenters. The van der Waals surface area contributed by atoms with E-state index in [1.807, 2.05) is 0 Å². The number of aromatic nitrogens is 2. The highest BCUT2D eigenvalue weighted by molar-refractivity contribution is 6.32. The van der Waals surface area contributed by atoms with Crippen LogP contribution in [0.15, 0.2) is 30.6 Å². The van der Waals surface area contributed by atoms with Gasteiger partial charge >= 0.3 is 0 Å². The van der Waals surface area contributed by atoms with Gasteiger partial charge in [-0.05, 0) is 25.2 Å². The lowest BCUT2D eigenvalue weighted by Crippen LogP contribution is -2.30. The summed E-state index contributed by atoms with van der Waals surface area (Å²) in [6, 6.07) is 4.60. The van der Waals surface area contributed by atoms with Crippen molar-refractivity contribution < 1.29 is 9.53 Å². The molecule has 0 bridgehead atoms. The number of carbonyl (C=O) groups is 1. The highest BCUT2D eigenvalue weighted by atomic mass is 35.5. The van der Waals surface area contributed by atoms with Crippen molar-refractivity contribution in [3.05, 3.63) is 41.2 Å². The first kappa shape index (κ1) is 18.3. The number of likely N-dealkylation sites (N-methyl/N-ethyl adjacent to an activating group) is 1. The molecule has 6 nitrogen and oxygen atoms in total. The van der Waals surface area contributed by atoms with Crippen molar-refractivity contribution in [3.8, 4) is 5.75 Å². The molecular weight excluding hydrogens is 327 g/mol. The quantitative estimate of drug-likeness (QED) is 0.873. The number of hydrogen-bond donors (Lipinski definition) is 2. The molecule has 2 N–H and O–H groups in total. The van der Waals surface area contributed by atoms with Crippen LogP contribution in [0.5, 0.6) is 5.75 Å². The van der Waals surface area contributed by atoms with Crippen LogP contribution in [0.2, 0.25) is 5.02 Å². The van der Waals surface area contributed by atoms with Crippen LogP contribution >= 0.6 is 24.0 Å². The normalized spacial score (nSPS) is 11.5. The van der Waals surface area contributed by atoms with Crippen LogP contribution in [0.25, 0.3) is 0 Å². The Hall–Kier alpha value is -1.76. The summed E-state index contributed by atoms with van der Waals surface area (Å²) in [6.45, 7) is 0. The number of rotatable bonds is 5. The van der Waals surface area contributed by atoms with Crippen molar-refractivity contribution >= 4 is 35.6 Å². The molecule has 2 rings (SSSR count). The molecule has 1 atom stereocenters. The van der Waals surface area contributed by atoms with E-state index >= 15 is 0 Å². The summed E-state index contributed by atoms with van der Waals surface area (Å²) in [7, 11) is 5.06. The summed E-state index contributed by atoms with van der Waals surface area (Å²) in [4.78, 5) is 12.3. The zero-order valence-electron chi connectivity index (χ0n) is 12.5. The van der Waals surface area contributed by atoms with Crippen molar-refractivity contribution in [1.29, 1.82) is 0 Å². The van der Waals surface area contributed by atoms with Crippen LogP contribution in [0.3, 0.4) is 0 Å². The first-order valence-corrected chi connectivity index (χ1v) is 6.73. The molecule has 22 heavy (non-hydrogen) atoms. The number of ether oxygens (including phenoxy) is 1. The third-order valence-corrected chi connectivity index (χ3v) is 3.32. The van der Waals surface area contributed by atoms with E-state index in [1.54, 1.807) is 56.5 Å². The summed E-state index contributed by atoms with van der Waals surface area (Å²) in [5.41, 5.74) is 1.40. The predicted octanol–water partition coefficient (Wildman–Crippen LogP) is 2.40. The molecule has 0 radical (unpaired) electrons. The number of halogens is 2. The maximum absolute atomic E-state index is 12.3. The summed E-state index contributed by atoms with van der Waals surface area (Å²) in [5.74, 6) is 0.374. The number of aryl methyl sites for hydroxylation is 1. The van der Waals surface area contributed by atoms with Gasteiger partial charge in [0, 0.05) is 24.5 Å². The van der Waals surface area contributed by atoms with Gasteiger partial charge in [-0.1, -0.05) is 11.6 Å². The van der Waals surface area contributed by atoms with E-state index in [2.05, 4.69) is 15.7 Å². The fraction of sp³-hybridized carbons (Fsp3) is 0.286. The first-order valence-electron chi connectivity index (χ1n) is 6.35. The fourth-order valence-corrected chi connectivity index (χ4v) is 2.25. The summed E-state index contributed by atoms with van der Waals surface area (Å²) < 4.78 is 6.73. The van der Waals surface area contributed by atoms with Crippen LogP contribution in [0.1, 0.15) is 11.6 Å². The maximum Gasteiger partial charge on any atom is 0.246 e. The standard InChI is InChI=1S/C14H17ClN4O2.ClH/c1-16-13(9-7-17-19(2)8-9)14(20)18-10-4-5-12(21-3)11(15)6-10;/h4-8,13,16H,1-3H3,(H,18,20);1H. The van der Waals surface area contributed by atoms with Crippen LogP contribution in [0.4, 0.5) is 5.69 Å². The molecule has 8 heteroatoms. The minimum absolute atomic E-state index is 0. The zero-order chi connectivity index (χ0) is 15.4. The van der Waals surface area contributed by atoms with Gasteiger partial charge in [-0.15, -0.1) is 12.4 Å². The molecule has 1 amide bonds. The van der Waals surface area contributed by atoms with Crippen molar-refractivity contribution in [2.75, 3.05) is 19.5 Å². The van der Waals surface area contributed by atoms with Gasteiger partial charge < -0.3 is 15.4 Å². The Morgan fingerprint density at radius 2 is 2.18 bits per heavy atom. The van der Waals surface area contributed by atoms with E-state index in [0.29, 0.717) is 16.5 Å². The van der Waals surface area contributed by atoms with Gasteiger partial charge in [0.2, 0.25) is 5.91 Å². The minimum Gasteiger partial charge on any atom is -0.495 e. The molecule has 2 aromatic rings. The summed E-state index contributed by atoms with van der Waals surface area (Å²) in [5, 5.41) is 10.3. The molecule has 1 heterocycles. The lowest BCUT2D eigenvalue weighted by Gasteiger charge is -2.15. The van der Waals surface area contributed by atoms with Crippen LogP contribution in [-0.2, 0) is 11.8 Å². The van der Waals surface area contributed by atoms with Gasteiger partial charge in [0.1, 0.15) is 11.8 Å². The molecule has 1 aromatic carbocycles. The second-order valence-corrected chi connectivity index (χ2v) is 4.91. The molecule has 120 valence electrons. The Labute approximate surface area is 140 Å². The SMILES string of the molecule is CNC(C(=O)Nc1ccc(OC)c(Cl)c1)c1cnn(C)c1.Cl. The van der Waals surface area contributed by atoms with E-state index < -0.39 is 6.04 Å². The summed E-state index contributed by atoms with van der Waals surface area (Å²) >= 11 is 6.04. The number of methoxy groups -OCH3 is 1. The van der Waals surface area contributed by atoms with E-state index in [9.17, 15) is 4.79 Å². The number of carbonyl (C=O) groups excluding carboxylic acids is 1. The molecule has 0 aliphatic heterocycles. The van der Waals surface area contributed by atoms with Crippen molar-refractivity contribution in [2.45, 2.75) is 6.04 Å². The molecule has 1 aromatic heterocycles. The van der Waals surface area contributed by atoms with Gasteiger partial charge in [-0.3, -0.25) is 9.48 Å². The average Bonchev–Trinajstić information content (AvgIpc) is 2.86. The predicted molar refractivity (Wildman–Crippen MR) is 88.9 cm³/mol. The van der Waals surface area contributed by atoms with E-state index in [-0.39, 0.29) is 18.3 Å². The Balaban J connectivity index is 0.00000242. The van der Waals surface area contributed by atoms with Gasteiger partial charge in [-0.25, -0.2) is 0 Å². The molecule has 0 spiro atoms. The van der Waals surface area contributed by atoms with Crippen molar-refractivity contribution in [3.63, 3.8) is 0 Å². The third kappa shape index (κ3) is 4.13. The first-order chi connectivity index (χ1) is 10.0. The third-order valence-electron chi connectivity index (χ3n) is 3.03. The number of nitrogens with zero attached hydrogens (tertiary/aromatic N) is 2. The van der Waals surface area contributed by atoms with E-state index in [4.69, 9.17) is 16.3 Å². The monoisotopic (exact) mass is 344 g/mol. The van der Waals surface area contributed by atoms with E-state index in [1.165, 1.54) is 0 Å². The zero-order valence-corrected chi connectivity index (χ0v) is 14.0. The van der Waals surface area contributed by atoms with Crippen LogP contribution < -0.4 is 15.4 Å². The Bertz CT molecular complexity index is 646. The highest BCUT2D eigenvalue weighted by Crippen LogP contribution is 2.27. The van der Waals surface area contributed by atoms with Crippen molar-refractivity contribution in [2.24, 2.45) is 7.05 Å². The Kier molecular flexibility index (Phi) is 6.67. The molecule has 0 aliphatic carbocycles. The molecule has 0 saturated heterocycles. The fourth-order valence-electron chi connectivity index (χ4n) is 2.00.